The summed E-state index contributed by atoms with van der Waals surface area (Å²) in [6, 6.07) is -0.719. The number of allylic oxidation sites excluding steroid dienone is 14. The van der Waals surface area contributed by atoms with Crippen LogP contribution in [0.2, 0.25) is 0 Å². The zero-order chi connectivity index (χ0) is 43.8. The molecule has 0 rings (SSSR count). The van der Waals surface area contributed by atoms with Gasteiger partial charge in [0, 0.05) is 6.42 Å². The molecule has 0 aromatic carbocycles. The number of carbonyl (C=O) groups excluding carboxylic acids is 2. The van der Waals surface area contributed by atoms with Crippen LogP contribution in [-0.2, 0) is 14.3 Å². The lowest BCUT2D eigenvalue weighted by Gasteiger charge is -2.24. The Balaban J connectivity index is 4.66. The van der Waals surface area contributed by atoms with Crippen molar-refractivity contribution in [2.45, 2.75) is 238 Å². The summed E-state index contributed by atoms with van der Waals surface area (Å²) in [5, 5.41) is 23.7. The molecule has 344 valence electrons. The second kappa shape index (κ2) is 47.1. The molecular weight excluding hydrogens is 743 g/mol. The fourth-order valence-corrected chi connectivity index (χ4v) is 7.14. The molecule has 3 unspecified atom stereocenters. The van der Waals surface area contributed by atoms with Crippen LogP contribution >= 0.6 is 0 Å². The Bertz CT molecular complexity index is 1160. The van der Waals surface area contributed by atoms with E-state index in [4.69, 9.17) is 4.74 Å². The molecule has 3 atom stereocenters. The van der Waals surface area contributed by atoms with Crippen molar-refractivity contribution < 1.29 is 24.5 Å². The molecule has 6 nitrogen and oxygen atoms in total. The fraction of sp³-hybridized carbons (Fsp3) is 0.704. The maximum atomic E-state index is 13.2. The number of ether oxygens (including phenoxy) is 1. The molecule has 1 amide bonds. The predicted molar refractivity (Wildman–Crippen MR) is 259 cm³/mol. The van der Waals surface area contributed by atoms with Gasteiger partial charge >= 0.3 is 5.97 Å². The molecule has 0 aromatic rings. The second-order valence-corrected chi connectivity index (χ2v) is 16.6. The zero-order valence-electron chi connectivity index (χ0n) is 39.1. The molecule has 0 aliphatic heterocycles. The maximum Gasteiger partial charge on any atom is 0.306 e. The highest BCUT2D eigenvalue weighted by molar-refractivity contribution is 5.77. The van der Waals surface area contributed by atoms with E-state index < -0.39 is 18.2 Å². The van der Waals surface area contributed by atoms with Gasteiger partial charge in [-0.25, -0.2) is 0 Å². The lowest BCUT2D eigenvalue weighted by atomic mass is 10.0. The summed E-state index contributed by atoms with van der Waals surface area (Å²) in [4.78, 5) is 26.1. The number of aliphatic hydroxyl groups excluding tert-OH is 2. The van der Waals surface area contributed by atoms with Gasteiger partial charge in [0.2, 0.25) is 5.91 Å². The SMILES string of the molecule is CC/C=C/C=C/C=C\C=C/C=C/CCCCCC(=O)OC(CCCCCCC/C=C/C/C=C/CC)CC(=O)NC(CO)C(O)CCCCCCCCCCCCCCCC. The van der Waals surface area contributed by atoms with E-state index in [1.807, 2.05) is 42.5 Å². The first-order valence-electron chi connectivity index (χ1n) is 24.9. The number of esters is 1. The average molecular weight is 836 g/mol. The number of hydrogen-bond acceptors (Lipinski definition) is 5. The smallest absolute Gasteiger partial charge is 0.306 e. The Morgan fingerprint density at radius 2 is 0.983 bits per heavy atom. The van der Waals surface area contributed by atoms with Crippen LogP contribution in [0.15, 0.2) is 85.1 Å². The molecule has 0 aliphatic rings. The van der Waals surface area contributed by atoms with Gasteiger partial charge in [-0.05, 0) is 70.6 Å². The fourth-order valence-electron chi connectivity index (χ4n) is 7.14. The van der Waals surface area contributed by atoms with Crippen molar-refractivity contribution in [2.24, 2.45) is 0 Å². The van der Waals surface area contributed by atoms with Gasteiger partial charge < -0.3 is 20.3 Å². The Labute approximate surface area is 370 Å². The van der Waals surface area contributed by atoms with Crippen molar-refractivity contribution in [3.05, 3.63) is 85.1 Å². The van der Waals surface area contributed by atoms with E-state index in [-0.39, 0.29) is 24.9 Å². The van der Waals surface area contributed by atoms with Crippen LogP contribution in [0.3, 0.4) is 0 Å². The van der Waals surface area contributed by atoms with Crippen molar-refractivity contribution in [3.63, 3.8) is 0 Å². The summed E-state index contributed by atoms with van der Waals surface area (Å²) in [5.74, 6) is -0.543. The Morgan fingerprint density at radius 3 is 1.55 bits per heavy atom. The molecule has 3 N–H and O–H groups in total. The Hall–Kier alpha value is -2.96. The molecule has 0 aromatic heterocycles. The first-order chi connectivity index (χ1) is 29.5. The van der Waals surface area contributed by atoms with Crippen LogP contribution in [0.25, 0.3) is 0 Å². The Morgan fingerprint density at radius 1 is 0.517 bits per heavy atom. The van der Waals surface area contributed by atoms with E-state index >= 15 is 0 Å². The minimum Gasteiger partial charge on any atom is -0.462 e. The van der Waals surface area contributed by atoms with Gasteiger partial charge in [-0.3, -0.25) is 9.59 Å². The first kappa shape index (κ1) is 57.0. The van der Waals surface area contributed by atoms with Crippen molar-refractivity contribution in [1.29, 1.82) is 0 Å². The van der Waals surface area contributed by atoms with Gasteiger partial charge in [0.25, 0.3) is 0 Å². The molecule has 0 radical (unpaired) electrons. The summed E-state index contributed by atoms with van der Waals surface area (Å²) in [6.07, 6.45) is 60.7. The van der Waals surface area contributed by atoms with Gasteiger partial charge in [-0.2, -0.15) is 0 Å². The molecule has 0 bridgehead atoms. The third-order valence-corrected chi connectivity index (χ3v) is 10.8. The number of aliphatic hydroxyl groups is 2. The highest BCUT2D eigenvalue weighted by Gasteiger charge is 2.24. The molecule has 0 heterocycles. The zero-order valence-corrected chi connectivity index (χ0v) is 39.1. The highest BCUT2D eigenvalue weighted by Crippen LogP contribution is 2.17. The van der Waals surface area contributed by atoms with Crippen molar-refractivity contribution in [2.75, 3.05) is 6.61 Å². The molecular formula is C54H93NO5. The standard InChI is InChI=1S/C54H93NO5/c1-4-7-10-13-16-19-22-25-27-29-32-35-38-41-44-47-54(59)60-50(45-42-39-36-33-30-24-21-18-15-12-9-6-3)48-53(58)55-51(49-56)52(57)46-43-40-37-34-31-28-26-23-20-17-14-11-8-5-2/h7,9-10,12-13,16,18-19,21-22,25,27,29,32,50-52,56-57H,4-6,8,11,14-15,17,20,23-24,26,28,30-31,33-49H2,1-3H3,(H,55,58)/b10-7+,12-9+,16-13+,21-18+,22-19-,27-25-,32-29+. The molecule has 0 spiro atoms. The third kappa shape index (κ3) is 41.8. The van der Waals surface area contributed by atoms with E-state index in [1.54, 1.807) is 0 Å². The van der Waals surface area contributed by atoms with Crippen LogP contribution in [0.5, 0.6) is 0 Å². The summed E-state index contributed by atoms with van der Waals surface area (Å²) in [7, 11) is 0. The molecule has 6 heteroatoms. The maximum absolute atomic E-state index is 13.2. The van der Waals surface area contributed by atoms with Crippen LogP contribution < -0.4 is 5.32 Å². The van der Waals surface area contributed by atoms with E-state index in [2.05, 4.69) is 68.6 Å². The number of carbonyl (C=O) groups is 2. The topological polar surface area (TPSA) is 95.9 Å². The monoisotopic (exact) mass is 836 g/mol. The minimum atomic E-state index is -0.803. The van der Waals surface area contributed by atoms with Crippen LogP contribution in [0, 0.1) is 0 Å². The summed E-state index contributed by atoms with van der Waals surface area (Å²) < 4.78 is 5.90. The molecule has 60 heavy (non-hydrogen) atoms. The minimum absolute atomic E-state index is 0.0464. The van der Waals surface area contributed by atoms with Crippen molar-refractivity contribution >= 4 is 11.9 Å². The van der Waals surface area contributed by atoms with Crippen LogP contribution in [-0.4, -0.2) is 46.9 Å². The second-order valence-electron chi connectivity index (χ2n) is 16.6. The number of amides is 1. The van der Waals surface area contributed by atoms with Crippen LogP contribution in [0.4, 0.5) is 0 Å². The van der Waals surface area contributed by atoms with Gasteiger partial charge in [-0.1, -0.05) is 221 Å². The number of rotatable bonds is 43. The largest absolute Gasteiger partial charge is 0.462 e. The summed E-state index contributed by atoms with van der Waals surface area (Å²) in [6.45, 7) is 6.21. The lowest BCUT2D eigenvalue weighted by Crippen LogP contribution is -2.46. The number of nitrogens with one attached hydrogen (secondary N) is 1. The Kier molecular flexibility index (Phi) is 44.8. The first-order valence-corrected chi connectivity index (χ1v) is 24.9. The number of hydrogen-bond donors (Lipinski definition) is 3. The lowest BCUT2D eigenvalue weighted by molar-refractivity contribution is -0.151. The number of unbranched alkanes of at least 4 members (excludes halogenated alkanes) is 21. The van der Waals surface area contributed by atoms with Crippen molar-refractivity contribution in [3.8, 4) is 0 Å². The van der Waals surface area contributed by atoms with Gasteiger partial charge in [0.05, 0.1) is 25.2 Å². The summed E-state index contributed by atoms with van der Waals surface area (Å²) in [5.41, 5.74) is 0. The molecule has 0 saturated carbocycles. The highest BCUT2D eigenvalue weighted by atomic mass is 16.5. The quantitative estimate of drug-likeness (QED) is 0.0246. The van der Waals surface area contributed by atoms with Gasteiger partial charge in [0.1, 0.15) is 6.10 Å². The average Bonchev–Trinajstić information content (AvgIpc) is 3.24. The van der Waals surface area contributed by atoms with Crippen molar-refractivity contribution in [1.82, 2.24) is 5.32 Å². The predicted octanol–water partition coefficient (Wildman–Crippen LogP) is 14.8. The van der Waals surface area contributed by atoms with E-state index in [0.29, 0.717) is 19.3 Å². The van der Waals surface area contributed by atoms with E-state index in [9.17, 15) is 19.8 Å². The third-order valence-electron chi connectivity index (χ3n) is 10.8. The molecule has 0 saturated heterocycles. The molecule has 0 fully saturated rings. The summed E-state index contributed by atoms with van der Waals surface area (Å²) >= 11 is 0. The van der Waals surface area contributed by atoms with Gasteiger partial charge in [-0.15, -0.1) is 0 Å². The van der Waals surface area contributed by atoms with Crippen LogP contribution in [0.1, 0.15) is 220 Å². The van der Waals surface area contributed by atoms with E-state index in [1.165, 1.54) is 70.6 Å². The van der Waals surface area contributed by atoms with Gasteiger partial charge in [0.15, 0.2) is 0 Å². The normalized spacial score (nSPS) is 14.0. The van der Waals surface area contributed by atoms with E-state index in [0.717, 1.165) is 103 Å². The molecule has 0 aliphatic carbocycles.